The van der Waals surface area contributed by atoms with Gasteiger partial charge in [-0.1, -0.05) is 18.2 Å². The minimum absolute atomic E-state index is 0.00981. The third kappa shape index (κ3) is 4.85. The number of aromatic amines is 1. The van der Waals surface area contributed by atoms with Crippen molar-refractivity contribution in [3.8, 4) is 5.75 Å². The highest BCUT2D eigenvalue weighted by atomic mass is 19.1. The van der Waals surface area contributed by atoms with Crippen LogP contribution in [0.5, 0.6) is 5.75 Å². The van der Waals surface area contributed by atoms with Crippen LogP contribution in [0.4, 0.5) is 4.39 Å². The van der Waals surface area contributed by atoms with E-state index in [1.54, 1.807) is 24.4 Å². The van der Waals surface area contributed by atoms with Crippen LogP contribution in [0.3, 0.4) is 0 Å². The maximum atomic E-state index is 13.0. The fourth-order valence-corrected chi connectivity index (χ4v) is 2.58. The lowest BCUT2D eigenvalue weighted by Crippen LogP contribution is -2.32. The van der Waals surface area contributed by atoms with Gasteiger partial charge < -0.3 is 15.3 Å². The molecule has 3 rings (SSSR count). The Morgan fingerprint density at radius 1 is 1.20 bits per heavy atom. The van der Waals surface area contributed by atoms with Gasteiger partial charge in [-0.2, -0.15) is 0 Å². The average molecular weight is 411 g/mol. The number of aromatic nitrogens is 3. The Kier molecular flexibility index (Phi) is 6.16. The van der Waals surface area contributed by atoms with Crippen molar-refractivity contribution in [3.63, 3.8) is 0 Å². The monoisotopic (exact) mass is 411 g/mol. The van der Waals surface area contributed by atoms with Gasteiger partial charge in [-0.3, -0.25) is 24.4 Å². The summed E-state index contributed by atoms with van der Waals surface area (Å²) in [6.07, 6.45) is 1.58. The summed E-state index contributed by atoms with van der Waals surface area (Å²) in [5.74, 6) is -3.25. The van der Waals surface area contributed by atoms with Crippen molar-refractivity contribution in [3.05, 3.63) is 87.6 Å². The van der Waals surface area contributed by atoms with Gasteiger partial charge in [0.05, 0.1) is 12.2 Å². The predicted molar refractivity (Wildman–Crippen MR) is 104 cm³/mol. The smallest absolute Gasteiger partial charge is 0.294 e. The van der Waals surface area contributed by atoms with E-state index in [1.807, 2.05) is 0 Å². The molecule has 0 spiro atoms. The van der Waals surface area contributed by atoms with Crippen molar-refractivity contribution in [2.45, 2.75) is 13.1 Å². The Balaban J connectivity index is 1.77. The SMILES string of the molecule is CN(Cc1ccccn1)C(=O)c1nc(C(=O)NCc2ccc(F)cc2)c(O)c(=O)[nH]1. The Morgan fingerprint density at radius 3 is 2.60 bits per heavy atom. The average Bonchev–Trinajstić information content (AvgIpc) is 2.75. The maximum Gasteiger partial charge on any atom is 0.294 e. The summed E-state index contributed by atoms with van der Waals surface area (Å²) < 4.78 is 13.0. The molecule has 0 radical (unpaired) electrons. The maximum absolute atomic E-state index is 13.0. The number of aromatic hydroxyl groups is 1. The number of pyridine rings is 1. The molecule has 2 heterocycles. The molecule has 154 valence electrons. The number of hydrogen-bond donors (Lipinski definition) is 3. The molecule has 0 bridgehead atoms. The van der Waals surface area contributed by atoms with Gasteiger partial charge in [0.1, 0.15) is 5.82 Å². The van der Waals surface area contributed by atoms with Crippen LogP contribution in [0, 0.1) is 5.82 Å². The van der Waals surface area contributed by atoms with Crippen LogP contribution in [0.15, 0.2) is 53.5 Å². The molecular weight excluding hydrogens is 393 g/mol. The van der Waals surface area contributed by atoms with Crippen molar-refractivity contribution in [2.24, 2.45) is 0 Å². The minimum Gasteiger partial charge on any atom is -0.501 e. The third-order valence-corrected chi connectivity index (χ3v) is 4.15. The van der Waals surface area contributed by atoms with Crippen molar-refractivity contribution < 1.29 is 19.1 Å². The first kappa shape index (κ1) is 20.6. The number of carbonyl (C=O) groups excluding carboxylic acids is 2. The second-order valence-corrected chi connectivity index (χ2v) is 6.40. The molecule has 3 aromatic rings. The molecular formula is C20H18FN5O4. The first-order valence-corrected chi connectivity index (χ1v) is 8.86. The van der Waals surface area contributed by atoms with Crippen molar-refractivity contribution in [2.75, 3.05) is 7.05 Å². The molecule has 3 N–H and O–H groups in total. The van der Waals surface area contributed by atoms with Gasteiger partial charge >= 0.3 is 0 Å². The van der Waals surface area contributed by atoms with Crippen molar-refractivity contribution in [1.82, 2.24) is 25.2 Å². The fraction of sp³-hybridized carbons (Fsp3) is 0.150. The van der Waals surface area contributed by atoms with Crippen LogP contribution in [-0.2, 0) is 13.1 Å². The highest BCUT2D eigenvalue weighted by molar-refractivity contribution is 5.97. The van der Waals surface area contributed by atoms with Gasteiger partial charge in [0.25, 0.3) is 17.4 Å². The summed E-state index contributed by atoms with van der Waals surface area (Å²) in [7, 11) is 1.48. The van der Waals surface area contributed by atoms with E-state index in [2.05, 4.69) is 20.3 Å². The highest BCUT2D eigenvalue weighted by Gasteiger charge is 2.22. The van der Waals surface area contributed by atoms with E-state index in [0.717, 1.165) is 0 Å². The molecule has 0 aliphatic carbocycles. The number of halogens is 1. The number of nitrogens with one attached hydrogen (secondary N) is 2. The van der Waals surface area contributed by atoms with E-state index >= 15 is 0 Å². The summed E-state index contributed by atoms with van der Waals surface area (Å²) in [5.41, 5.74) is -0.394. The first-order valence-electron chi connectivity index (χ1n) is 8.86. The molecule has 0 atom stereocenters. The molecule has 30 heavy (non-hydrogen) atoms. The van der Waals surface area contributed by atoms with Gasteiger partial charge in [0.15, 0.2) is 11.5 Å². The minimum atomic E-state index is -1.02. The predicted octanol–water partition coefficient (Wildman–Crippen LogP) is 1.21. The highest BCUT2D eigenvalue weighted by Crippen LogP contribution is 2.11. The van der Waals surface area contributed by atoms with Crippen LogP contribution < -0.4 is 10.9 Å². The zero-order chi connectivity index (χ0) is 21.7. The molecule has 2 amide bonds. The molecule has 1 aromatic carbocycles. The van der Waals surface area contributed by atoms with Crippen molar-refractivity contribution in [1.29, 1.82) is 0 Å². The van der Waals surface area contributed by atoms with E-state index in [0.29, 0.717) is 11.3 Å². The Labute approximate surface area is 170 Å². The molecule has 0 aliphatic rings. The topological polar surface area (TPSA) is 128 Å². The second-order valence-electron chi connectivity index (χ2n) is 6.40. The van der Waals surface area contributed by atoms with E-state index < -0.39 is 40.5 Å². The summed E-state index contributed by atoms with van der Waals surface area (Å²) in [5, 5.41) is 12.4. The lowest BCUT2D eigenvalue weighted by molar-refractivity contribution is 0.0770. The normalized spacial score (nSPS) is 10.5. The van der Waals surface area contributed by atoms with E-state index in [-0.39, 0.29) is 13.1 Å². The number of hydrogen-bond acceptors (Lipinski definition) is 6. The van der Waals surface area contributed by atoms with Gasteiger partial charge in [-0.05, 0) is 29.8 Å². The molecule has 0 saturated heterocycles. The summed E-state index contributed by atoms with van der Waals surface area (Å²) in [6, 6.07) is 10.7. The number of nitrogens with zero attached hydrogens (tertiary/aromatic N) is 3. The molecule has 0 aliphatic heterocycles. The summed E-state index contributed by atoms with van der Waals surface area (Å²) in [6.45, 7) is 0.159. The Hall–Kier alpha value is -4.08. The number of carbonyl (C=O) groups is 2. The molecule has 0 fully saturated rings. The standard InChI is InChI=1S/C20H18FN5O4/c1-26(11-14-4-2-3-9-22-14)20(30)17-24-15(16(27)19(29)25-17)18(28)23-10-12-5-7-13(21)8-6-12/h2-9,27H,10-11H2,1H3,(H,23,28)(H,24,25,29). The number of H-pyrrole nitrogens is 1. The van der Waals surface area contributed by atoms with Gasteiger partial charge in [0, 0.05) is 19.8 Å². The fourth-order valence-electron chi connectivity index (χ4n) is 2.58. The zero-order valence-electron chi connectivity index (χ0n) is 15.9. The molecule has 2 aromatic heterocycles. The second kappa shape index (κ2) is 8.95. The zero-order valence-corrected chi connectivity index (χ0v) is 15.9. The van der Waals surface area contributed by atoms with E-state index in [9.17, 15) is 23.9 Å². The Bertz CT molecular complexity index is 1120. The van der Waals surface area contributed by atoms with Crippen LogP contribution in [0.1, 0.15) is 32.4 Å². The number of benzene rings is 1. The number of amides is 2. The van der Waals surface area contributed by atoms with Gasteiger partial charge in [-0.15, -0.1) is 0 Å². The quantitative estimate of drug-likeness (QED) is 0.559. The van der Waals surface area contributed by atoms with Crippen LogP contribution >= 0.6 is 0 Å². The summed E-state index contributed by atoms with van der Waals surface area (Å²) >= 11 is 0. The lowest BCUT2D eigenvalue weighted by atomic mass is 10.2. The van der Waals surface area contributed by atoms with E-state index in [4.69, 9.17) is 0 Å². The van der Waals surface area contributed by atoms with Crippen LogP contribution in [-0.4, -0.2) is 43.8 Å². The van der Waals surface area contributed by atoms with Crippen LogP contribution in [0.2, 0.25) is 0 Å². The van der Waals surface area contributed by atoms with Gasteiger partial charge in [0.2, 0.25) is 5.75 Å². The molecule has 10 heteroatoms. The molecule has 0 saturated carbocycles. The number of rotatable bonds is 6. The van der Waals surface area contributed by atoms with Crippen molar-refractivity contribution >= 4 is 11.8 Å². The Morgan fingerprint density at radius 2 is 1.93 bits per heavy atom. The first-order chi connectivity index (χ1) is 14.3. The molecule has 9 nitrogen and oxygen atoms in total. The third-order valence-electron chi connectivity index (χ3n) is 4.15. The van der Waals surface area contributed by atoms with Crippen LogP contribution in [0.25, 0.3) is 0 Å². The largest absolute Gasteiger partial charge is 0.501 e. The van der Waals surface area contributed by atoms with Gasteiger partial charge in [-0.25, -0.2) is 9.37 Å². The lowest BCUT2D eigenvalue weighted by Gasteiger charge is -2.16. The molecule has 0 unspecified atom stereocenters. The van der Waals surface area contributed by atoms with E-state index in [1.165, 1.54) is 36.2 Å². The summed E-state index contributed by atoms with van der Waals surface area (Å²) in [4.78, 5) is 48.4.